The molecule has 6 rings (SSSR count). The monoisotopic (exact) mass is 580 g/mol. The summed E-state index contributed by atoms with van der Waals surface area (Å²) < 4.78 is 12.3. The van der Waals surface area contributed by atoms with E-state index in [1.165, 1.54) is 6.33 Å². The summed E-state index contributed by atoms with van der Waals surface area (Å²) in [4.78, 5) is 37.4. The van der Waals surface area contributed by atoms with E-state index in [1.54, 1.807) is 12.3 Å². The first-order valence-corrected chi connectivity index (χ1v) is 14.5. The molecule has 0 unspecified atom stereocenters. The number of fused-ring (bicyclic) bond motifs is 5. The highest BCUT2D eigenvalue weighted by molar-refractivity contribution is 5.90. The van der Waals surface area contributed by atoms with E-state index in [2.05, 4.69) is 32.1 Å². The topological polar surface area (TPSA) is 109 Å². The Bertz CT molecular complexity index is 1660. The van der Waals surface area contributed by atoms with Crippen molar-refractivity contribution in [3.63, 3.8) is 0 Å². The van der Waals surface area contributed by atoms with Gasteiger partial charge in [-0.2, -0.15) is 0 Å². The van der Waals surface area contributed by atoms with Crippen molar-refractivity contribution < 1.29 is 14.3 Å². The van der Waals surface area contributed by atoms with Crippen LogP contribution in [-0.4, -0.2) is 88.6 Å². The van der Waals surface area contributed by atoms with Crippen molar-refractivity contribution in [3.8, 4) is 17.2 Å². The maximum Gasteiger partial charge on any atom is 0.246 e. The van der Waals surface area contributed by atoms with Crippen molar-refractivity contribution in [1.29, 1.82) is 0 Å². The summed E-state index contributed by atoms with van der Waals surface area (Å²) in [6.07, 6.45) is 7.71. The molecule has 1 aromatic carbocycles. The van der Waals surface area contributed by atoms with Gasteiger partial charge in [0.05, 0.1) is 17.8 Å². The van der Waals surface area contributed by atoms with E-state index >= 15 is 0 Å². The average molecular weight is 581 g/mol. The Labute approximate surface area is 251 Å². The van der Waals surface area contributed by atoms with Crippen LogP contribution in [0.3, 0.4) is 0 Å². The lowest BCUT2D eigenvalue weighted by Gasteiger charge is -2.39. The van der Waals surface area contributed by atoms with Crippen LogP contribution >= 0.6 is 0 Å². The van der Waals surface area contributed by atoms with Gasteiger partial charge in [0.2, 0.25) is 5.91 Å². The van der Waals surface area contributed by atoms with Crippen LogP contribution in [0.2, 0.25) is 0 Å². The summed E-state index contributed by atoms with van der Waals surface area (Å²) in [5.74, 6) is 3.46. The number of carbonyl (C=O) groups is 1. The number of pyridine rings is 2. The van der Waals surface area contributed by atoms with Crippen molar-refractivity contribution in [2.75, 3.05) is 57.1 Å². The molecule has 1 N–H and O–H groups in total. The molecule has 0 radical (unpaired) electrons. The first-order chi connectivity index (χ1) is 20.9. The molecule has 1 saturated heterocycles. The number of hydrogen-bond acceptors (Lipinski definition) is 10. The zero-order valence-electron chi connectivity index (χ0n) is 24.9. The molecule has 3 aromatic heterocycles. The van der Waals surface area contributed by atoms with Crippen LogP contribution in [0.15, 0.2) is 61.1 Å². The molecule has 11 heteroatoms. The van der Waals surface area contributed by atoms with E-state index in [0.717, 1.165) is 41.5 Å². The zero-order valence-corrected chi connectivity index (χ0v) is 24.9. The van der Waals surface area contributed by atoms with E-state index in [9.17, 15) is 4.79 Å². The van der Waals surface area contributed by atoms with E-state index in [0.29, 0.717) is 54.6 Å². The van der Waals surface area contributed by atoms with Crippen molar-refractivity contribution >= 4 is 34.3 Å². The van der Waals surface area contributed by atoms with Gasteiger partial charge >= 0.3 is 0 Å². The van der Waals surface area contributed by atoms with Crippen LogP contribution in [0.5, 0.6) is 17.2 Å². The van der Waals surface area contributed by atoms with E-state index in [-0.39, 0.29) is 11.9 Å². The second-order valence-corrected chi connectivity index (χ2v) is 11.1. The number of ether oxygens (including phenoxy) is 2. The lowest BCUT2D eigenvalue weighted by Crippen LogP contribution is -2.56. The normalized spacial score (nSPS) is 16.3. The van der Waals surface area contributed by atoms with Crippen LogP contribution in [0, 0.1) is 6.92 Å². The van der Waals surface area contributed by atoms with Gasteiger partial charge in [-0.15, -0.1) is 0 Å². The smallest absolute Gasteiger partial charge is 0.246 e. The van der Waals surface area contributed by atoms with Gasteiger partial charge < -0.3 is 29.5 Å². The molecule has 1 atom stereocenters. The van der Waals surface area contributed by atoms with Gasteiger partial charge in [0, 0.05) is 49.7 Å². The lowest BCUT2D eigenvalue weighted by atomic mass is 10.1. The second kappa shape index (κ2) is 12.2. The molecule has 1 amide bonds. The van der Waals surface area contributed by atoms with Crippen LogP contribution in [0.1, 0.15) is 18.2 Å². The molecule has 0 saturated carbocycles. The van der Waals surface area contributed by atoms with Crippen LogP contribution in [-0.2, 0) is 11.2 Å². The maximum atomic E-state index is 12.9. The molecule has 43 heavy (non-hydrogen) atoms. The SMILES string of the molecule is CCc1ccc(Oc2ccc(Nc3ncnc4cc5c(nc34)N3CCN(C(=O)/C=C/CN(C)C)[C@H](CO5)C3)cc2C)cn1. The largest absolute Gasteiger partial charge is 0.487 e. The molecular weight excluding hydrogens is 544 g/mol. The first-order valence-electron chi connectivity index (χ1n) is 14.5. The molecule has 1 fully saturated rings. The molecule has 0 aliphatic carbocycles. The van der Waals surface area contributed by atoms with Gasteiger partial charge in [0.25, 0.3) is 0 Å². The number of piperazine rings is 1. The van der Waals surface area contributed by atoms with Crippen LogP contribution < -0.4 is 19.7 Å². The highest BCUT2D eigenvalue weighted by Crippen LogP contribution is 2.36. The maximum absolute atomic E-state index is 12.9. The molecule has 2 aliphatic rings. The Morgan fingerprint density at radius 3 is 2.81 bits per heavy atom. The molecular formula is C32H36N8O3. The van der Waals surface area contributed by atoms with Crippen molar-refractivity contribution in [2.45, 2.75) is 26.3 Å². The summed E-state index contributed by atoms with van der Waals surface area (Å²) in [7, 11) is 3.95. The number of benzene rings is 1. The predicted molar refractivity (Wildman–Crippen MR) is 166 cm³/mol. The summed E-state index contributed by atoms with van der Waals surface area (Å²) in [6, 6.07) is 11.6. The Morgan fingerprint density at radius 2 is 2.05 bits per heavy atom. The fraction of sp³-hybridized carbons (Fsp3) is 0.344. The molecule has 2 bridgehead atoms. The van der Waals surface area contributed by atoms with Gasteiger partial charge in [-0.1, -0.05) is 13.0 Å². The Balaban J connectivity index is 1.20. The number of likely N-dealkylation sites (N-methyl/N-ethyl adjacent to an activating group) is 1. The van der Waals surface area contributed by atoms with Crippen molar-refractivity contribution in [1.82, 2.24) is 29.7 Å². The number of aromatic nitrogens is 4. The number of carbonyl (C=O) groups excluding carboxylic acids is 1. The molecule has 5 heterocycles. The molecule has 0 spiro atoms. The Hall–Kier alpha value is -4.77. The summed E-state index contributed by atoms with van der Waals surface area (Å²) in [6.45, 7) is 7.09. The molecule has 222 valence electrons. The summed E-state index contributed by atoms with van der Waals surface area (Å²) in [5.41, 5.74) is 4.17. The lowest BCUT2D eigenvalue weighted by molar-refractivity contribution is -0.129. The third-order valence-corrected chi connectivity index (χ3v) is 7.61. The molecule has 4 aromatic rings. The van der Waals surface area contributed by atoms with E-state index < -0.39 is 0 Å². The number of amides is 1. The number of aryl methyl sites for hydroxylation is 2. The molecule has 11 nitrogen and oxygen atoms in total. The standard InChI is InChI=1S/C32H36N8O3/c1-5-22-8-10-25(17-33-22)43-27-11-9-23(15-21(27)2)36-31-30-26(34-20-35-31)16-28-32(37-30)39-13-14-40(24(18-39)19-42-28)29(41)7-6-12-38(3)4/h6-11,15-17,20,24H,5,12-14,18-19H2,1-4H3,(H,34,35,36)/b7-6+/t24-/m0/s1. The Kier molecular flexibility index (Phi) is 8.06. The Morgan fingerprint density at radius 1 is 1.16 bits per heavy atom. The van der Waals surface area contributed by atoms with Crippen molar-refractivity contribution in [2.24, 2.45) is 0 Å². The third-order valence-electron chi connectivity index (χ3n) is 7.61. The minimum absolute atomic E-state index is 0.00862. The number of nitrogens with zero attached hydrogens (tertiary/aromatic N) is 7. The van der Waals surface area contributed by atoms with Gasteiger partial charge in [-0.25, -0.2) is 15.0 Å². The van der Waals surface area contributed by atoms with Crippen LogP contribution in [0.25, 0.3) is 11.0 Å². The average Bonchev–Trinajstić information content (AvgIpc) is 3.13. The first kappa shape index (κ1) is 28.4. The highest BCUT2D eigenvalue weighted by Gasteiger charge is 2.35. The third kappa shape index (κ3) is 6.21. The zero-order chi connectivity index (χ0) is 29.9. The van der Waals surface area contributed by atoms with Crippen LogP contribution in [0.4, 0.5) is 17.3 Å². The highest BCUT2D eigenvalue weighted by atomic mass is 16.5. The minimum atomic E-state index is -0.0738. The number of hydrogen-bond donors (Lipinski definition) is 1. The van der Waals surface area contributed by atoms with Gasteiger partial charge in [0.1, 0.15) is 29.9 Å². The fourth-order valence-electron chi connectivity index (χ4n) is 5.29. The second-order valence-electron chi connectivity index (χ2n) is 11.1. The number of rotatable bonds is 8. The number of nitrogens with one attached hydrogen (secondary N) is 1. The van der Waals surface area contributed by atoms with Crippen molar-refractivity contribution in [3.05, 3.63) is 72.3 Å². The fourth-order valence-corrected chi connectivity index (χ4v) is 5.29. The quantitative estimate of drug-likeness (QED) is 0.302. The van der Waals surface area contributed by atoms with E-state index in [4.69, 9.17) is 14.5 Å². The summed E-state index contributed by atoms with van der Waals surface area (Å²) >= 11 is 0. The van der Waals surface area contributed by atoms with E-state index in [1.807, 2.05) is 73.3 Å². The van der Waals surface area contributed by atoms with Gasteiger partial charge in [0.15, 0.2) is 17.4 Å². The summed E-state index contributed by atoms with van der Waals surface area (Å²) in [5, 5.41) is 3.42. The molecule has 2 aliphatic heterocycles. The van der Waals surface area contributed by atoms with Gasteiger partial charge in [-0.3, -0.25) is 9.78 Å². The predicted octanol–water partition coefficient (Wildman–Crippen LogP) is 4.35. The minimum Gasteiger partial charge on any atom is -0.487 e. The van der Waals surface area contributed by atoms with Gasteiger partial charge in [-0.05, 0) is 63.3 Å². The number of anilines is 3.